The van der Waals surface area contributed by atoms with E-state index in [1.807, 2.05) is 18.2 Å². The summed E-state index contributed by atoms with van der Waals surface area (Å²) >= 11 is 0. The smallest absolute Gasteiger partial charge is 0.252 e. The summed E-state index contributed by atoms with van der Waals surface area (Å²) in [6.45, 7) is 2.99. The van der Waals surface area contributed by atoms with Crippen LogP contribution in [-0.4, -0.2) is 56.1 Å². The van der Waals surface area contributed by atoms with Gasteiger partial charge in [0.05, 0.1) is 17.5 Å². The largest absolute Gasteiger partial charge is 0.351 e. The normalized spacial score (nSPS) is 14.6. The highest BCUT2D eigenvalue weighted by Crippen LogP contribution is 2.23. The molecule has 1 saturated heterocycles. The zero-order valence-corrected chi connectivity index (χ0v) is 15.0. The Balaban J connectivity index is 1.38. The molecule has 0 aromatic carbocycles. The van der Waals surface area contributed by atoms with Crippen molar-refractivity contribution >= 4 is 22.8 Å². The minimum Gasteiger partial charge on any atom is -0.351 e. The molecule has 4 aromatic rings. The molecule has 0 amide bonds. The summed E-state index contributed by atoms with van der Waals surface area (Å²) in [7, 11) is 0. The number of H-pyrrole nitrogens is 2. The number of fused-ring (bicyclic) bond motifs is 1. The lowest BCUT2D eigenvalue weighted by Crippen LogP contribution is -2.47. The third kappa shape index (κ3) is 2.96. The van der Waals surface area contributed by atoms with E-state index in [-0.39, 0.29) is 5.56 Å². The van der Waals surface area contributed by atoms with Crippen molar-refractivity contribution in [3.8, 4) is 11.3 Å². The molecule has 28 heavy (non-hydrogen) atoms. The van der Waals surface area contributed by atoms with Gasteiger partial charge in [-0.3, -0.25) is 14.8 Å². The van der Waals surface area contributed by atoms with E-state index in [2.05, 4.69) is 39.7 Å². The molecule has 0 spiro atoms. The number of nitrogens with one attached hydrogen (secondary N) is 2. The first-order valence-electron chi connectivity index (χ1n) is 9.08. The van der Waals surface area contributed by atoms with Crippen LogP contribution >= 0.6 is 0 Å². The molecule has 5 heterocycles. The molecule has 140 valence electrons. The molecule has 4 aromatic heterocycles. The molecule has 9 heteroatoms. The molecule has 1 fully saturated rings. The van der Waals surface area contributed by atoms with Crippen LogP contribution in [0.4, 0.5) is 11.8 Å². The van der Waals surface area contributed by atoms with E-state index in [9.17, 15) is 4.79 Å². The zero-order valence-electron chi connectivity index (χ0n) is 15.0. The van der Waals surface area contributed by atoms with Gasteiger partial charge in [-0.05, 0) is 18.2 Å². The fourth-order valence-corrected chi connectivity index (χ4v) is 3.48. The van der Waals surface area contributed by atoms with Crippen molar-refractivity contribution in [2.75, 3.05) is 36.0 Å². The van der Waals surface area contributed by atoms with Crippen molar-refractivity contribution in [3.63, 3.8) is 0 Å². The van der Waals surface area contributed by atoms with Crippen LogP contribution in [0.5, 0.6) is 0 Å². The van der Waals surface area contributed by atoms with Gasteiger partial charge in [0.2, 0.25) is 5.95 Å². The molecule has 1 aliphatic heterocycles. The third-order valence-electron chi connectivity index (χ3n) is 4.90. The molecule has 0 atom stereocenters. The number of pyridine rings is 2. The van der Waals surface area contributed by atoms with Gasteiger partial charge in [-0.1, -0.05) is 0 Å². The number of nitrogens with zero attached hydrogens (tertiary/aromatic N) is 6. The Morgan fingerprint density at radius 3 is 2.54 bits per heavy atom. The van der Waals surface area contributed by atoms with Gasteiger partial charge in [0.25, 0.3) is 5.56 Å². The minimum atomic E-state index is -0.165. The second kappa shape index (κ2) is 6.76. The Hall–Kier alpha value is -3.75. The van der Waals surface area contributed by atoms with Crippen LogP contribution in [0.3, 0.4) is 0 Å². The summed E-state index contributed by atoms with van der Waals surface area (Å²) in [6.07, 6.45) is 6.86. The molecule has 5 rings (SSSR count). The molecule has 2 N–H and O–H groups in total. The van der Waals surface area contributed by atoms with Crippen molar-refractivity contribution in [2.45, 2.75) is 0 Å². The summed E-state index contributed by atoms with van der Waals surface area (Å²) < 4.78 is 0. The van der Waals surface area contributed by atoms with Crippen LogP contribution in [0, 0.1) is 0 Å². The minimum absolute atomic E-state index is 0.165. The summed E-state index contributed by atoms with van der Waals surface area (Å²) in [5.41, 5.74) is 3.20. The topological polar surface area (TPSA) is 107 Å². The highest BCUT2D eigenvalue weighted by molar-refractivity contribution is 5.85. The number of hydrogen-bond acceptors (Lipinski definition) is 7. The van der Waals surface area contributed by atoms with Gasteiger partial charge in [0.15, 0.2) is 5.82 Å². The van der Waals surface area contributed by atoms with Gasteiger partial charge in [0.1, 0.15) is 5.52 Å². The van der Waals surface area contributed by atoms with E-state index >= 15 is 0 Å². The predicted molar refractivity (Wildman–Crippen MR) is 106 cm³/mol. The quantitative estimate of drug-likeness (QED) is 0.559. The maximum atomic E-state index is 12.2. The van der Waals surface area contributed by atoms with Crippen molar-refractivity contribution in [1.82, 2.24) is 29.9 Å². The fourth-order valence-electron chi connectivity index (χ4n) is 3.48. The average molecular weight is 374 g/mol. The lowest BCUT2D eigenvalue weighted by atomic mass is 10.2. The Morgan fingerprint density at radius 1 is 0.929 bits per heavy atom. The standard InChI is InChI=1S/C19H18N8O/c28-16-11-15(13-1-4-20-5-2-13)24-19(25-16)27-9-7-26(8-10-27)18-17-14(3-6-21-18)22-12-23-17/h1-6,11-12H,7-10H2,(H,22,23)(H,24,25,28). The number of hydrogen-bond donors (Lipinski definition) is 2. The van der Waals surface area contributed by atoms with Gasteiger partial charge < -0.3 is 14.8 Å². The Labute approximate surface area is 160 Å². The van der Waals surface area contributed by atoms with Gasteiger partial charge in [-0.15, -0.1) is 0 Å². The molecule has 9 nitrogen and oxygen atoms in total. The van der Waals surface area contributed by atoms with Gasteiger partial charge in [-0.2, -0.15) is 0 Å². The highest BCUT2D eigenvalue weighted by atomic mass is 16.1. The van der Waals surface area contributed by atoms with Gasteiger partial charge in [-0.25, -0.2) is 15.0 Å². The van der Waals surface area contributed by atoms with E-state index in [4.69, 9.17) is 0 Å². The van der Waals surface area contributed by atoms with E-state index in [0.29, 0.717) is 11.6 Å². The predicted octanol–water partition coefficient (Wildman–Crippen LogP) is 1.43. The Kier molecular flexibility index (Phi) is 3.97. The monoisotopic (exact) mass is 374 g/mol. The molecule has 0 aliphatic carbocycles. The Bertz CT molecular complexity index is 1160. The van der Waals surface area contributed by atoms with Crippen LogP contribution in [0.15, 0.2) is 54.0 Å². The number of aromatic amines is 2. The van der Waals surface area contributed by atoms with Gasteiger partial charge >= 0.3 is 0 Å². The second-order valence-corrected chi connectivity index (χ2v) is 6.60. The Morgan fingerprint density at radius 2 is 1.71 bits per heavy atom. The van der Waals surface area contributed by atoms with Crippen LogP contribution < -0.4 is 15.4 Å². The summed E-state index contributed by atoms with van der Waals surface area (Å²) in [6, 6.07) is 7.12. The number of aromatic nitrogens is 6. The number of piperazine rings is 1. The van der Waals surface area contributed by atoms with E-state index in [1.165, 1.54) is 6.07 Å². The number of imidazole rings is 1. The molecular formula is C19H18N8O. The van der Waals surface area contributed by atoms with Gasteiger partial charge in [0, 0.05) is 56.4 Å². The van der Waals surface area contributed by atoms with Crippen molar-refractivity contribution in [2.24, 2.45) is 0 Å². The molecule has 1 aliphatic rings. The molecule has 0 bridgehead atoms. The molecular weight excluding hydrogens is 356 g/mol. The first kappa shape index (κ1) is 16.4. The van der Waals surface area contributed by atoms with Crippen LogP contribution in [0.2, 0.25) is 0 Å². The second-order valence-electron chi connectivity index (χ2n) is 6.60. The molecule has 0 unspecified atom stereocenters. The van der Waals surface area contributed by atoms with Crippen molar-refractivity contribution < 1.29 is 0 Å². The lowest BCUT2D eigenvalue weighted by Gasteiger charge is -2.35. The van der Waals surface area contributed by atoms with Crippen molar-refractivity contribution in [3.05, 3.63) is 59.5 Å². The fraction of sp³-hybridized carbons (Fsp3) is 0.211. The van der Waals surface area contributed by atoms with E-state index in [0.717, 1.165) is 48.6 Å². The third-order valence-corrected chi connectivity index (χ3v) is 4.90. The summed E-state index contributed by atoms with van der Waals surface area (Å²) in [5.74, 6) is 1.47. The van der Waals surface area contributed by atoms with Crippen LogP contribution in [0.1, 0.15) is 0 Å². The van der Waals surface area contributed by atoms with Crippen LogP contribution in [0.25, 0.3) is 22.3 Å². The number of anilines is 2. The zero-order chi connectivity index (χ0) is 18.9. The van der Waals surface area contributed by atoms with E-state index in [1.54, 1.807) is 24.9 Å². The summed E-state index contributed by atoms with van der Waals surface area (Å²) in [4.78, 5) is 40.0. The summed E-state index contributed by atoms with van der Waals surface area (Å²) in [5, 5.41) is 0. The maximum absolute atomic E-state index is 12.2. The van der Waals surface area contributed by atoms with Crippen LogP contribution in [-0.2, 0) is 0 Å². The lowest BCUT2D eigenvalue weighted by molar-refractivity contribution is 0.635. The number of rotatable bonds is 3. The first-order valence-corrected chi connectivity index (χ1v) is 9.08. The average Bonchev–Trinajstić information content (AvgIpc) is 3.23. The van der Waals surface area contributed by atoms with Crippen molar-refractivity contribution in [1.29, 1.82) is 0 Å². The maximum Gasteiger partial charge on any atom is 0.252 e. The highest BCUT2D eigenvalue weighted by Gasteiger charge is 2.22. The first-order chi connectivity index (χ1) is 13.8. The van der Waals surface area contributed by atoms with E-state index < -0.39 is 0 Å². The molecule has 0 radical (unpaired) electrons. The SMILES string of the molecule is O=c1cc(-c2ccncc2)nc(N2CCN(c3nccc4[nH]cnc34)CC2)[nH]1. The molecule has 0 saturated carbocycles.